The Morgan fingerprint density at radius 2 is 2.00 bits per heavy atom. The first-order chi connectivity index (χ1) is 9.81. The summed E-state index contributed by atoms with van der Waals surface area (Å²) in [6.07, 6.45) is 3.98. The molecule has 1 heterocycles. The van der Waals surface area contributed by atoms with Crippen molar-refractivity contribution in [3.8, 4) is 5.75 Å². The smallest absolute Gasteiger partial charge is 0.125 e. The summed E-state index contributed by atoms with van der Waals surface area (Å²) in [5.41, 5.74) is 2.37. The SMILES string of the molecule is CCCNc1ccc(COc2cccc(CC)c2)cn1. The van der Waals surface area contributed by atoms with Crippen LogP contribution in [0, 0.1) is 0 Å². The molecule has 20 heavy (non-hydrogen) atoms. The van der Waals surface area contributed by atoms with Gasteiger partial charge in [-0.3, -0.25) is 0 Å². The highest BCUT2D eigenvalue weighted by Gasteiger charge is 1.99. The van der Waals surface area contributed by atoms with E-state index in [1.807, 2.05) is 24.4 Å². The molecule has 2 rings (SSSR count). The van der Waals surface area contributed by atoms with Gasteiger partial charge in [0, 0.05) is 18.3 Å². The van der Waals surface area contributed by atoms with Crippen molar-refractivity contribution in [3.05, 3.63) is 53.7 Å². The number of ether oxygens (including phenoxy) is 1. The van der Waals surface area contributed by atoms with Crippen LogP contribution in [0.15, 0.2) is 42.6 Å². The van der Waals surface area contributed by atoms with E-state index >= 15 is 0 Å². The monoisotopic (exact) mass is 270 g/mol. The molecule has 1 N–H and O–H groups in total. The Labute approximate surface area is 121 Å². The number of hydrogen-bond donors (Lipinski definition) is 1. The molecule has 0 radical (unpaired) electrons. The highest BCUT2D eigenvalue weighted by Crippen LogP contribution is 2.15. The van der Waals surface area contributed by atoms with Crippen LogP contribution in [-0.4, -0.2) is 11.5 Å². The Hall–Kier alpha value is -2.03. The second-order valence-electron chi connectivity index (χ2n) is 4.77. The van der Waals surface area contributed by atoms with Gasteiger partial charge in [0.25, 0.3) is 0 Å². The standard InChI is InChI=1S/C17H22N2O/c1-3-10-18-17-9-8-15(12-19-17)13-20-16-7-5-6-14(4-2)11-16/h5-9,11-12H,3-4,10,13H2,1-2H3,(H,18,19). The largest absolute Gasteiger partial charge is 0.489 e. The number of nitrogens with zero attached hydrogens (tertiary/aromatic N) is 1. The van der Waals surface area contributed by atoms with Crippen LogP contribution in [0.5, 0.6) is 5.75 Å². The lowest BCUT2D eigenvalue weighted by Gasteiger charge is -2.08. The number of aryl methyl sites for hydroxylation is 1. The average molecular weight is 270 g/mol. The molecule has 0 atom stereocenters. The number of pyridine rings is 1. The van der Waals surface area contributed by atoms with Crippen LogP contribution >= 0.6 is 0 Å². The molecule has 0 aliphatic carbocycles. The molecule has 3 heteroatoms. The van der Waals surface area contributed by atoms with E-state index in [-0.39, 0.29) is 0 Å². The van der Waals surface area contributed by atoms with E-state index in [1.165, 1.54) is 5.56 Å². The van der Waals surface area contributed by atoms with Gasteiger partial charge in [-0.05, 0) is 36.6 Å². The van der Waals surface area contributed by atoms with E-state index in [4.69, 9.17) is 4.74 Å². The molecule has 3 nitrogen and oxygen atoms in total. The molecule has 0 bridgehead atoms. The average Bonchev–Trinajstić information content (AvgIpc) is 2.52. The van der Waals surface area contributed by atoms with Crippen molar-refractivity contribution in [2.75, 3.05) is 11.9 Å². The van der Waals surface area contributed by atoms with Crippen LogP contribution in [0.3, 0.4) is 0 Å². The van der Waals surface area contributed by atoms with Crippen LogP contribution in [0.4, 0.5) is 5.82 Å². The van der Waals surface area contributed by atoms with Crippen LogP contribution in [0.25, 0.3) is 0 Å². The van der Waals surface area contributed by atoms with Gasteiger partial charge in [0.05, 0.1) is 0 Å². The molecular formula is C17H22N2O. The Morgan fingerprint density at radius 1 is 1.10 bits per heavy atom. The van der Waals surface area contributed by atoms with Gasteiger partial charge in [0.15, 0.2) is 0 Å². The van der Waals surface area contributed by atoms with E-state index in [1.54, 1.807) is 0 Å². The lowest BCUT2D eigenvalue weighted by molar-refractivity contribution is 0.305. The molecule has 0 amide bonds. The fourth-order valence-electron chi connectivity index (χ4n) is 1.89. The molecule has 1 aromatic heterocycles. The molecule has 2 aromatic rings. The number of hydrogen-bond acceptors (Lipinski definition) is 3. The first-order valence-electron chi connectivity index (χ1n) is 7.22. The van der Waals surface area contributed by atoms with E-state index in [9.17, 15) is 0 Å². The van der Waals surface area contributed by atoms with Crippen molar-refractivity contribution < 1.29 is 4.74 Å². The second-order valence-corrected chi connectivity index (χ2v) is 4.77. The fraction of sp³-hybridized carbons (Fsp3) is 0.353. The highest BCUT2D eigenvalue weighted by molar-refractivity contribution is 5.35. The molecule has 0 spiro atoms. The van der Waals surface area contributed by atoms with Crippen LogP contribution < -0.4 is 10.1 Å². The van der Waals surface area contributed by atoms with Gasteiger partial charge in [-0.1, -0.05) is 32.0 Å². The van der Waals surface area contributed by atoms with Gasteiger partial charge in [0.1, 0.15) is 18.2 Å². The predicted octanol–water partition coefficient (Wildman–Crippen LogP) is 4.04. The van der Waals surface area contributed by atoms with E-state index in [2.05, 4.69) is 42.3 Å². The van der Waals surface area contributed by atoms with Crippen molar-refractivity contribution in [3.63, 3.8) is 0 Å². The minimum atomic E-state index is 0.550. The maximum atomic E-state index is 5.80. The molecule has 0 saturated heterocycles. The minimum absolute atomic E-state index is 0.550. The van der Waals surface area contributed by atoms with Crippen molar-refractivity contribution in [1.29, 1.82) is 0 Å². The van der Waals surface area contributed by atoms with Crippen LogP contribution in [0.1, 0.15) is 31.4 Å². The van der Waals surface area contributed by atoms with Gasteiger partial charge in [-0.15, -0.1) is 0 Å². The summed E-state index contributed by atoms with van der Waals surface area (Å²) in [7, 11) is 0. The number of benzene rings is 1. The van der Waals surface area contributed by atoms with Gasteiger partial charge < -0.3 is 10.1 Å². The van der Waals surface area contributed by atoms with Crippen molar-refractivity contribution in [2.45, 2.75) is 33.3 Å². The van der Waals surface area contributed by atoms with Crippen molar-refractivity contribution >= 4 is 5.82 Å². The number of rotatable bonds is 7. The summed E-state index contributed by atoms with van der Waals surface area (Å²) >= 11 is 0. The summed E-state index contributed by atoms with van der Waals surface area (Å²) < 4.78 is 5.80. The lowest BCUT2D eigenvalue weighted by Crippen LogP contribution is -2.02. The Balaban J connectivity index is 1.89. The summed E-state index contributed by atoms with van der Waals surface area (Å²) in [4.78, 5) is 4.37. The quantitative estimate of drug-likeness (QED) is 0.824. The van der Waals surface area contributed by atoms with Gasteiger partial charge >= 0.3 is 0 Å². The van der Waals surface area contributed by atoms with E-state index in [0.717, 1.165) is 36.5 Å². The molecule has 0 fully saturated rings. The highest BCUT2D eigenvalue weighted by atomic mass is 16.5. The maximum absolute atomic E-state index is 5.80. The molecular weight excluding hydrogens is 248 g/mol. The molecule has 0 saturated carbocycles. The molecule has 0 unspecified atom stereocenters. The van der Waals surface area contributed by atoms with Crippen LogP contribution in [0.2, 0.25) is 0 Å². The predicted molar refractivity (Wildman–Crippen MR) is 83.2 cm³/mol. The fourth-order valence-corrected chi connectivity index (χ4v) is 1.89. The van der Waals surface area contributed by atoms with Crippen LogP contribution in [-0.2, 0) is 13.0 Å². The lowest BCUT2D eigenvalue weighted by atomic mass is 10.2. The van der Waals surface area contributed by atoms with Crippen molar-refractivity contribution in [1.82, 2.24) is 4.98 Å². The molecule has 1 aromatic carbocycles. The van der Waals surface area contributed by atoms with E-state index < -0.39 is 0 Å². The number of anilines is 1. The Kier molecular flexibility index (Phi) is 5.42. The van der Waals surface area contributed by atoms with Gasteiger partial charge in [-0.2, -0.15) is 0 Å². The topological polar surface area (TPSA) is 34.1 Å². The zero-order chi connectivity index (χ0) is 14.2. The zero-order valence-corrected chi connectivity index (χ0v) is 12.2. The van der Waals surface area contributed by atoms with Crippen molar-refractivity contribution in [2.24, 2.45) is 0 Å². The third kappa shape index (κ3) is 4.26. The van der Waals surface area contributed by atoms with Gasteiger partial charge in [0.2, 0.25) is 0 Å². The summed E-state index contributed by atoms with van der Waals surface area (Å²) in [5.74, 6) is 1.83. The molecule has 0 aliphatic heterocycles. The number of aromatic nitrogens is 1. The normalized spacial score (nSPS) is 10.3. The maximum Gasteiger partial charge on any atom is 0.125 e. The Morgan fingerprint density at radius 3 is 2.70 bits per heavy atom. The Bertz CT molecular complexity index is 523. The second kappa shape index (κ2) is 7.53. The van der Waals surface area contributed by atoms with E-state index in [0.29, 0.717) is 6.61 Å². The summed E-state index contributed by atoms with van der Waals surface area (Å²) in [6.45, 7) is 5.78. The zero-order valence-electron chi connectivity index (χ0n) is 12.2. The number of nitrogens with one attached hydrogen (secondary N) is 1. The van der Waals surface area contributed by atoms with Gasteiger partial charge in [-0.25, -0.2) is 4.98 Å². The summed E-state index contributed by atoms with van der Waals surface area (Å²) in [5, 5.41) is 3.26. The third-order valence-electron chi connectivity index (χ3n) is 3.09. The summed E-state index contributed by atoms with van der Waals surface area (Å²) in [6, 6.07) is 12.3. The molecule has 0 aliphatic rings. The molecule has 106 valence electrons. The minimum Gasteiger partial charge on any atom is -0.489 e. The third-order valence-corrected chi connectivity index (χ3v) is 3.09. The first kappa shape index (κ1) is 14.4. The first-order valence-corrected chi connectivity index (χ1v) is 7.22.